The van der Waals surface area contributed by atoms with Crippen molar-refractivity contribution < 1.29 is 32.9 Å². The molecular formula is C56H116N2O6P+. The summed E-state index contributed by atoms with van der Waals surface area (Å²) in [6.07, 6.45) is 57.8. The number of carbonyl (C=O) groups is 1. The van der Waals surface area contributed by atoms with Crippen molar-refractivity contribution in [2.45, 2.75) is 315 Å². The number of nitrogens with zero attached hydrogens (tertiary/aromatic N) is 1. The second kappa shape index (κ2) is 48.5. The number of phosphoric ester groups is 1. The molecule has 8 nitrogen and oxygen atoms in total. The van der Waals surface area contributed by atoms with Crippen molar-refractivity contribution >= 4 is 13.7 Å². The van der Waals surface area contributed by atoms with Gasteiger partial charge in [0.25, 0.3) is 0 Å². The van der Waals surface area contributed by atoms with Gasteiger partial charge in [0, 0.05) is 6.42 Å². The molecule has 0 aliphatic heterocycles. The molecule has 390 valence electrons. The maximum absolute atomic E-state index is 12.9. The molecule has 65 heavy (non-hydrogen) atoms. The van der Waals surface area contributed by atoms with Gasteiger partial charge in [-0.3, -0.25) is 13.8 Å². The number of phosphoric acid groups is 1. The molecule has 3 N–H and O–H groups in total. The summed E-state index contributed by atoms with van der Waals surface area (Å²) in [5.74, 6) is -0.140. The first kappa shape index (κ1) is 64.5. The number of amides is 1. The molecule has 0 aliphatic carbocycles. The molecule has 0 saturated heterocycles. The third kappa shape index (κ3) is 51.2. The van der Waals surface area contributed by atoms with E-state index in [-0.39, 0.29) is 19.1 Å². The molecule has 0 aromatic heterocycles. The van der Waals surface area contributed by atoms with Crippen LogP contribution in [0.2, 0.25) is 0 Å². The van der Waals surface area contributed by atoms with Crippen LogP contribution in [0, 0.1) is 0 Å². The molecule has 0 aromatic rings. The van der Waals surface area contributed by atoms with Crippen molar-refractivity contribution in [1.82, 2.24) is 5.32 Å². The summed E-state index contributed by atoms with van der Waals surface area (Å²) in [7, 11) is 1.63. The monoisotopic (exact) mass is 944 g/mol. The predicted octanol–water partition coefficient (Wildman–Crippen LogP) is 17.3. The Bertz CT molecular complexity index is 1030. The Morgan fingerprint density at radius 2 is 0.738 bits per heavy atom. The van der Waals surface area contributed by atoms with Gasteiger partial charge < -0.3 is 19.8 Å². The summed E-state index contributed by atoms with van der Waals surface area (Å²) in [4.78, 5) is 23.2. The van der Waals surface area contributed by atoms with E-state index in [0.717, 1.165) is 38.5 Å². The normalized spacial score (nSPS) is 13.9. The van der Waals surface area contributed by atoms with Crippen LogP contribution in [0.25, 0.3) is 0 Å². The highest BCUT2D eigenvalue weighted by Gasteiger charge is 2.28. The van der Waals surface area contributed by atoms with Crippen LogP contribution in [0.4, 0.5) is 0 Å². The maximum atomic E-state index is 12.9. The topological polar surface area (TPSA) is 105 Å². The molecule has 0 saturated carbocycles. The van der Waals surface area contributed by atoms with Gasteiger partial charge in [-0.15, -0.1) is 0 Å². The van der Waals surface area contributed by atoms with E-state index in [1.807, 2.05) is 21.1 Å². The largest absolute Gasteiger partial charge is 0.472 e. The summed E-state index contributed by atoms with van der Waals surface area (Å²) in [6.45, 7) is 4.89. The molecule has 0 heterocycles. The van der Waals surface area contributed by atoms with Crippen LogP contribution in [0.15, 0.2) is 0 Å². The quantitative estimate of drug-likeness (QED) is 0.0319. The minimum absolute atomic E-state index is 0.0782. The van der Waals surface area contributed by atoms with Crippen molar-refractivity contribution in [3.05, 3.63) is 0 Å². The highest BCUT2D eigenvalue weighted by Crippen LogP contribution is 2.43. The van der Waals surface area contributed by atoms with Gasteiger partial charge in [-0.25, -0.2) is 4.57 Å². The highest BCUT2D eigenvalue weighted by atomic mass is 31.2. The fraction of sp³-hybridized carbons (Fsp3) is 0.982. The maximum Gasteiger partial charge on any atom is 0.472 e. The second-order valence-electron chi connectivity index (χ2n) is 21.4. The van der Waals surface area contributed by atoms with Gasteiger partial charge in [-0.1, -0.05) is 284 Å². The molecule has 0 radical (unpaired) electrons. The number of hydrogen-bond acceptors (Lipinski definition) is 5. The number of aliphatic hydroxyl groups excluding tert-OH is 1. The summed E-state index contributed by atoms with van der Waals surface area (Å²) >= 11 is 0. The number of hydrogen-bond donors (Lipinski definition) is 3. The zero-order valence-corrected chi connectivity index (χ0v) is 45.4. The molecule has 0 spiro atoms. The molecule has 0 aromatic carbocycles. The van der Waals surface area contributed by atoms with E-state index in [9.17, 15) is 19.4 Å². The van der Waals surface area contributed by atoms with Gasteiger partial charge in [0.15, 0.2) is 0 Å². The van der Waals surface area contributed by atoms with E-state index in [4.69, 9.17) is 9.05 Å². The van der Waals surface area contributed by atoms with E-state index in [0.29, 0.717) is 23.9 Å². The van der Waals surface area contributed by atoms with Gasteiger partial charge in [-0.2, -0.15) is 0 Å². The Balaban J connectivity index is 3.76. The molecule has 0 fully saturated rings. The van der Waals surface area contributed by atoms with Crippen molar-refractivity contribution in [1.29, 1.82) is 0 Å². The van der Waals surface area contributed by atoms with Crippen LogP contribution >= 0.6 is 7.82 Å². The van der Waals surface area contributed by atoms with Gasteiger partial charge in [0.2, 0.25) is 5.91 Å². The standard InChI is InChI=1S/C56H115N2O6P/c1-6-8-10-12-14-16-17-18-19-20-21-22-23-24-25-26-27-28-29-30-31-32-33-34-35-36-37-38-39-40-41-42-44-46-48-50-56(60)57-54(53-64-65(61,62)63-52-51-58(3,4)5)55(59)49-47-45-43-15-13-11-9-7-2/h54-55,59H,6-53H2,1-5H3,(H-,57,60,61,62)/p+1. The molecule has 0 rings (SSSR count). The van der Waals surface area contributed by atoms with E-state index < -0.39 is 20.0 Å². The van der Waals surface area contributed by atoms with Gasteiger partial charge in [0.1, 0.15) is 13.2 Å². The number of aliphatic hydroxyl groups is 1. The van der Waals surface area contributed by atoms with Crippen molar-refractivity contribution in [3.8, 4) is 0 Å². The van der Waals surface area contributed by atoms with Gasteiger partial charge in [0.05, 0.1) is 39.9 Å². The van der Waals surface area contributed by atoms with Crippen LogP contribution in [0.3, 0.4) is 0 Å². The first-order chi connectivity index (χ1) is 31.5. The van der Waals surface area contributed by atoms with Crippen molar-refractivity contribution in [2.24, 2.45) is 0 Å². The minimum atomic E-state index is -4.30. The molecule has 0 aliphatic rings. The number of carbonyl (C=O) groups excluding carboxylic acids is 1. The molecule has 1 amide bonds. The lowest BCUT2D eigenvalue weighted by atomic mass is 10.0. The van der Waals surface area contributed by atoms with E-state index in [1.165, 1.54) is 238 Å². The zero-order valence-electron chi connectivity index (χ0n) is 44.5. The lowest BCUT2D eigenvalue weighted by Crippen LogP contribution is -2.46. The Morgan fingerprint density at radius 3 is 1.03 bits per heavy atom. The third-order valence-corrected chi connectivity index (χ3v) is 14.6. The Morgan fingerprint density at radius 1 is 0.462 bits per heavy atom. The number of nitrogens with one attached hydrogen (secondary N) is 1. The molecule has 3 atom stereocenters. The Hall–Kier alpha value is -0.500. The summed E-state index contributed by atoms with van der Waals surface area (Å²) < 4.78 is 23.6. The second-order valence-corrected chi connectivity index (χ2v) is 22.8. The van der Waals surface area contributed by atoms with Crippen molar-refractivity contribution in [3.63, 3.8) is 0 Å². The zero-order chi connectivity index (χ0) is 47.8. The summed E-state index contributed by atoms with van der Waals surface area (Å²) in [5.41, 5.74) is 0. The molecule has 3 unspecified atom stereocenters. The SMILES string of the molecule is CCCCCCCCCCCCCCCCCCCCCCCCCCCCCCCCCCCCCC(=O)NC(COP(=O)(O)OCC[N+](C)(C)C)C(O)CCCCCCCCCC. The average Bonchev–Trinajstić information content (AvgIpc) is 3.26. The smallest absolute Gasteiger partial charge is 0.391 e. The first-order valence-corrected chi connectivity index (χ1v) is 30.4. The number of rotatable bonds is 54. The number of quaternary nitrogens is 1. The number of likely N-dealkylation sites (N-methyl/N-ethyl adjacent to an activating group) is 1. The summed E-state index contributed by atoms with van der Waals surface area (Å²) in [5, 5.41) is 13.9. The lowest BCUT2D eigenvalue weighted by molar-refractivity contribution is -0.870. The predicted molar refractivity (Wildman–Crippen MR) is 282 cm³/mol. The van der Waals surface area contributed by atoms with E-state index in [2.05, 4.69) is 19.2 Å². The van der Waals surface area contributed by atoms with Crippen molar-refractivity contribution in [2.75, 3.05) is 40.9 Å². The van der Waals surface area contributed by atoms with Crippen LogP contribution < -0.4 is 5.32 Å². The lowest BCUT2D eigenvalue weighted by Gasteiger charge is -2.26. The van der Waals surface area contributed by atoms with Gasteiger partial charge in [-0.05, 0) is 12.8 Å². The molecule has 0 bridgehead atoms. The fourth-order valence-electron chi connectivity index (χ4n) is 9.05. The third-order valence-electron chi connectivity index (χ3n) is 13.6. The van der Waals surface area contributed by atoms with Crippen LogP contribution in [-0.2, 0) is 18.4 Å². The average molecular weight is 945 g/mol. The van der Waals surface area contributed by atoms with Gasteiger partial charge >= 0.3 is 7.82 Å². The van der Waals surface area contributed by atoms with Crippen LogP contribution in [0.5, 0.6) is 0 Å². The minimum Gasteiger partial charge on any atom is -0.391 e. The Labute approximate surface area is 406 Å². The summed E-state index contributed by atoms with van der Waals surface area (Å²) in [6, 6.07) is -0.752. The number of unbranched alkanes of at least 4 members (excludes halogenated alkanes) is 41. The van der Waals surface area contributed by atoms with Crippen LogP contribution in [-0.4, -0.2) is 73.4 Å². The molecular weight excluding hydrogens is 828 g/mol. The first-order valence-electron chi connectivity index (χ1n) is 28.9. The van der Waals surface area contributed by atoms with Crippen LogP contribution in [0.1, 0.15) is 303 Å². The Kier molecular flexibility index (Phi) is 48.1. The fourth-order valence-corrected chi connectivity index (χ4v) is 9.79. The van der Waals surface area contributed by atoms with E-state index >= 15 is 0 Å². The van der Waals surface area contributed by atoms with E-state index in [1.54, 1.807) is 0 Å². The molecule has 9 heteroatoms. The highest BCUT2D eigenvalue weighted by molar-refractivity contribution is 7.47.